The molecule has 2 heterocycles. The third kappa shape index (κ3) is 4.21. The van der Waals surface area contributed by atoms with Crippen LogP contribution in [0.25, 0.3) is 0 Å². The molecule has 8 nitrogen and oxygen atoms in total. The Morgan fingerprint density at radius 2 is 2.14 bits per heavy atom. The second-order valence-electron chi connectivity index (χ2n) is 7.91. The lowest BCUT2D eigenvalue weighted by molar-refractivity contribution is 0.100. The zero-order valence-electron chi connectivity index (χ0n) is 16.9. The number of nitrogens with one attached hydrogen (secondary N) is 2. The summed E-state index contributed by atoms with van der Waals surface area (Å²) in [6, 6.07) is 6.14. The summed E-state index contributed by atoms with van der Waals surface area (Å²) < 4.78 is 5.70. The first-order valence-corrected chi connectivity index (χ1v) is 10.2. The molecule has 1 saturated carbocycles. The zero-order chi connectivity index (χ0) is 20.4. The van der Waals surface area contributed by atoms with E-state index >= 15 is 0 Å². The van der Waals surface area contributed by atoms with Crippen molar-refractivity contribution in [2.75, 3.05) is 35.7 Å². The van der Waals surface area contributed by atoms with Crippen molar-refractivity contribution in [2.45, 2.75) is 38.6 Å². The first-order valence-electron chi connectivity index (χ1n) is 10.2. The van der Waals surface area contributed by atoms with Crippen LogP contribution in [0.1, 0.15) is 43.0 Å². The summed E-state index contributed by atoms with van der Waals surface area (Å²) in [7, 11) is 2.03. The van der Waals surface area contributed by atoms with E-state index in [1.54, 1.807) is 0 Å². The SMILES string of the molecule is C[C@H]1CCCC[C@H]1Nc1ncc(C(N)=O)c(Nc2ccc3c(c2)N(C)CCO3)n1. The molecule has 8 heteroatoms. The van der Waals surface area contributed by atoms with E-state index in [2.05, 4.69) is 32.4 Å². The number of hydrogen-bond donors (Lipinski definition) is 3. The van der Waals surface area contributed by atoms with Crippen molar-refractivity contribution in [3.8, 4) is 5.75 Å². The highest BCUT2D eigenvalue weighted by Gasteiger charge is 2.23. The second kappa shape index (κ2) is 8.14. The summed E-state index contributed by atoms with van der Waals surface area (Å²) in [5, 5.41) is 6.68. The van der Waals surface area contributed by atoms with Gasteiger partial charge in [-0.05, 0) is 37.0 Å². The summed E-state index contributed by atoms with van der Waals surface area (Å²) in [5.41, 5.74) is 7.60. The number of carbonyl (C=O) groups excluding carboxylic acids is 1. The van der Waals surface area contributed by atoms with Gasteiger partial charge in [0, 0.05) is 25.0 Å². The number of carbonyl (C=O) groups is 1. The fraction of sp³-hybridized carbons (Fsp3) is 0.476. The van der Waals surface area contributed by atoms with Crippen LogP contribution in [0.4, 0.5) is 23.1 Å². The van der Waals surface area contributed by atoms with Gasteiger partial charge in [-0.25, -0.2) is 4.98 Å². The van der Waals surface area contributed by atoms with Gasteiger partial charge < -0.3 is 26.0 Å². The van der Waals surface area contributed by atoms with E-state index in [9.17, 15) is 4.79 Å². The number of hydrogen-bond acceptors (Lipinski definition) is 7. The van der Waals surface area contributed by atoms with E-state index in [-0.39, 0.29) is 5.56 Å². The van der Waals surface area contributed by atoms with Crippen molar-refractivity contribution in [3.63, 3.8) is 0 Å². The third-order valence-corrected chi connectivity index (χ3v) is 5.80. The molecule has 4 N–H and O–H groups in total. The maximum atomic E-state index is 11.9. The Labute approximate surface area is 170 Å². The highest BCUT2D eigenvalue weighted by atomic mass is 16.5. The molecular weight excluding hydrogens is 368 g/mol. The highest BCUT2D eigenvalue weighted by Crippen LogP contribution is 2.34. The van der Waals surface area contributed by atoms with Gasteiger partial charge in [0.25, 0.3) is 5.91 Å². The molecule has 4 rings (SSSR count). The van der Waals surface area contributed by atoms with E-state index in [1.165, 1.54) is 25.5 Å². The number of amides is 1. The minimum absolute atomic E-state index is 0.259. The molecule has 2 aromatic rings. The first-order chi connectivity index (χ1) is 14.0. The Kier molecular flexibility index (Phi) is 5.42. The highest BCUT2D eigenvalue weighted by molar-refractivity contribution is 5.98. The molecule has 0 unspecified atom stereocenters. The molecule has 29 heavy (non-hydrogen) atoms. The van der Waals surface area contributed by atoms with Crippen LogP contribution >= 0.6 is 0 Å². The van der Waals surface area contributed by atoms with Gasteiger partial charge in [-0.3, -0.25) is 4.79 Å². The van der Waals surface area contributed by atoms with E-state index in [4.69, 9.17) is 10.5 Å². The van der Waals surface area contributed by atoms with Gasteiger partial charge in [0.1, 0.15) is 23.7 Å². The zero-order valence-corrected chi connectivity index (χ0v) is 16.9. The fourth-order valence-electron chi connectivity index (χ4n) is 3.99. The number of anilines is 4. The van der Waals surface area contributed by atoms with Crippen molar-refractivity contribution >= 4 is 29.0 Å². The van der Waals surface area contributed by atoms with Crippen LogP contribution in [0.2, 0.25) is 0 Å². The monoisotopic (exact) mass is 396 g/mol. The van der Waals surface area contributed by atoms with Crippen molar-refractivity contribution in [3.05, 3.63) is 30.0 Å². The fourth-order valence-corrected chi connectivity index (χ4v) is 3.99. The Hall–Kier alpha value is -3.03. The van der Waals surface area contributed by atoms with Gasteiger partial charge in [-0.15, -0.1) is 0 Å². The number of nitrogens with two attached hydrogens (primary N) is 1. The molecular formula is C21H28N6O2. The number of ether oxygens (including phenoxy) is 1. The van der Waals surface area contributed by atoms with Gasteiger partial charge in [0.05, 0.1) is 12.2 Å². The lowest BCUT2D eigenvalue weighted by Crippen LogP contribution is -2.31. The smallest absolute Gasteiger partial charge is 0.254 e. The van der Waals surface area contributed by atoms with Gasteiger partial charge in [-0.1, -0.05) is 19.8 Å². The van der Waals surface area contributed by atoms with Crippen LogP contribution < -0.4 is 26.0 Å². The normalized spacial score (nSPS) is 21.1. The number of likely N-dealkylation sites (N-methyl/N-ethyl adjacent to an activating group) is 1. The van der Waals surface area contributed by atoms with Crippen LogP contribution in [-0.4, -0.2) is 42.1 Å². The quantitative estimate of drug-likeness (QED) is 0.713. The van der Waals surface area contributed by atoms with Crippen molar-refractivity contribution in [1.82, 2.24) is 9.97 Å². The van der Waals surface area contributed by atoms with Crippen LogP contribution in [0.3, 0.4) is 0 Å². The summed E-state index contributed by atoms with van der Waals surface area (Å²) >= 11 is 0. The number of rotatable bonds is 5. The minimum Gasteiger partial charge on any atom is -0.490 e. The molecule has 1 aliphatic carbocycles. The Morgan fingerprint density at radius 1 is 1.31 bits per heavy atom. The predicted octanol–water partition coefficient (Wildman–Crippen LogP) is 3.14. The van der Waals surface area contributed by atoms with E-state index in [1.807, 2.05) is 25.2 Å². The van der Waals surface area contributed by atoms with Crippen LogP contribution in [0.15, 0.2) is 24.4 Å². The van der Waals surface area contributed by atoms with Gasteiger partial charge in [0.2, 0.25) is 5.95 Å². The number of aromatic nitrogens is 2. The Balaban J connectivity index is 1.60. The number of primary amides is 1. The van der Waals surface area contributed by atoms with E-state index in [0.29, 0.717) is 30.3 Å². The molecule has 0 bridgehead atoms. The van der Waals surface area contributed by atoms with Gasteiger partial charge in [0.15, 0.2) is 0 Å². The number of benzene rings is 1. The van der Waals surface area contributed by atoms with Gasteiger partial charge in [-0.2, -0.15) is 4.98 Å². The molecule has 2 aliphatic rings. The summed E-state index contributed by atoms with van der Waals surface area (Å²) in [6.07, 6.45) is 6.26. The molecule has 1 aromatic carbocycles. The molecule has 1 aromatic heterocycles. The molecule has 1 aliphatic heterocycles. The molecule has 1 fully saturated rings. The standard InChI is InChI=1S/C21H28N6O2/c1-13-5-3-4-6-16(13)25-21-23-12-15(19(22)28)20(26-21)24-14-7-8-18-17(11-14)27(2)9-10-29-18/h7-8,11-13,16H,3-6,9-10H2,1-2H3,(H2,22,28)(H2,23,24,25,26)/t13-,16+/m0/s1. The average Bonchev–Trinajstić information content (AvgIpc) is 2.70. The van der Waals surface area contributed by atoms with E-state index in [0.717, 1.165) is 30.1 Å². The van der Waals surface area contributed by atoms with Gasteiger partial charge >= 0.3 is 0 Å². The molecule has 0 saturated heterocycles. The van der Waals surface area contributed by atoms with Crippen molar-refractivity contribution in [1.29, 1.82) is 0 Å². The summed E-state index contributed by atoms with van der Waals surface area (Å²) in [6.45, 7) is 3.74. The van der Waals surface area contributed by atoms with E-state index < -0.39 is 5.91 Å². The molecule has 154 valence electrons. The number of nitrogens with zero attached hydrogens (tertiary/aromatic N) is 3. The molecule has 1 amide bonds. The van der Waals surface area contributed by atoms with Crippen molar-refractivity contribution < 1.29 is 9.53 Å². The number of fused-ring (bicyclic) bond motifs is 1. The Morgan fingerprint density at radius 3 is 2.93 bits per heavy atom. The van der Waals surface area contributed by atoms with Crippen molar-refractivity contribution in [2.24, 2.45) is 11.7 Å². The molecule has 0 radical (unpaired) electrons. The van der Waals surface area contributed by atoms with Crippen LogP contribution in [0.5, 0.6) is 5.75 Å². The predicted molar refractivity (Wildman–Crippen MR) is 114 cm³/mol. The average molecular weight is 396 g/mol. The molecule has 2 atom stereocenters. The lowest BCUT2D eigenvalue weighted by Gasteiger charge is -2.29. The third-order valence-electron chi connectivity index (χ3n) is 5.80. The maximum Gasteiger partial charge on any atom is 0.254 e. The lowest BCUT2D eigenvalue weighted by atomic mass is 9.86. The Bertz CT molecular complexity index is 903. The minimum atomic E-state index is -0.566. The van der Waals surface area contributed by atoms with Crippen LogP contribution in [0, 0.1) is 5.92 Å². The maximum absolute atomic E-state index is 11.9. The summed E-state index contributed by atoms with van der Waals surface area (Å²) in [4.78, 5) is 22.9. The molecule has 0 spiro atoms. The van der Waals surface area contributed by atoms with Crippen LogP contribution in [-0.2, 0) is 0 Å². The summed E-state index contributed by atoms with van der Waals surface area (Å²) in [5.74, 6) is 1.75. The second-order valence-corrected chi connectivity index (χ2v) is 7.91. The topological polar surface area (TPSA) is 105 Å². The first kappa shape index (κ1) is 19.3. The largest absolute Gasteiger partial charge is 0.490 e.